The van der Waals surface area contributed by atoms with E-state index in [1.165, 1.54) is 12.1 Å². The Morgan fingerprint density at radius 2 is 1.88 bits per heavy atom. The van der Waals surface area contributed by atoms with Crippen molar-refractivity contribution in [2.24, 2.45) is 0 Å². The Bertz CT molecular complexity index is 1100. The first-order valence-corrected chi connectivity index (χ1v) is 7.87. The molecule has 0 spiro atoms. The first-order chi connectivity index (χ1) is 12.7. The minimum atomic E-state index is -0.884. The fraction of sp³-hybridized carbons (Fsp3) is 0.0526. The van der Waals surface area contributed by atoms with Crippen molar-refractivity contribution in [1.29, 1.82) is 0 Å². The van der Waals surface area contributed by atoms with Gasteiger partial charge in [-0.05, 0) is 23.8 Å². The number of nitrogens with zero attached hydrogens (tertiary/aromatic N) is 4. The SMILES string of the molecule is CNc1nc(-c2cnccn2)nc2ccc(-c3cccc(F)c3F)cc12. The molecule has 0 amide bonds. The van der Waals surface area contributed by atoms with Crippen LogP contribution in [0.1, 0.15) is 0 Å². The molecule has 0 bridgehead atoms. The zero-order valence-corrected chi connectivity index (χ0v) is 13.7. The Morgan fingerprint density at radius 1 is 1.00 bits per heavy atom. The maximum absolute atomic E-state index is 14.1. The third-order valence-electron chi connectivity index (χ3n) is 3.99. The van der Waals surface area contributed by atoms with E-state index in [4.69, 9.17) is 0 Å². The van der Waals surface area contributed by atoms with Gasteiger partial charge in [-0.25, -0.2) is 23.7 Å². The molecule has 0 atom stereocenters. The van der Waals surface area contributed by atoms with Gasteiger partial charge >= 0.3 is 0 Å². The highest BCUT2D eigenvalue weighted by Gasteiger charge is 2.14. The molecule has 0 aliphatic heterocycles. The topological polar surface area (TPSA) is 63.6 Å². The van der Waals surface area contributed by atoms with Crippen molar-refractivity contribution in [1.82, 2.24) is 19.9 Å². The number of nitrogens with one attached hydrogen (secondary N) is 1. The molecule has 0 unspecified atom stereocenters. The third kappa shape index (κ3) is 2.73. The van der Waals surface area contributed by atoms with E-state index in [1.807, 2.05) is 0 Å². The summed E-state index contributed by atoms with van der Waals surface area (Å²) >= 11 is 0. The van der Waals surface area contributed by atoms with Crippen LogP contribution in [0.5, 0.6) is 0 Å². The predicted molar refractivity (Wildman–Crippen MR) is 95.5 cm³/mol. The van der Waals surface area contributed by atoms with Gasteiger partial charge in [-0.3, -0.25) is 4.98 Å². The van der Waals surface area contributed by atoms with Crippen LogP contribution in [0.25, 0.3) is 33.5 Å². The molecule has 0 fully saturated rings. The largest absolute Gasteiger partial charge is 0.373 e. The summed E-state index contributed by atoms with van der Waals surface area (Å²) < 4.78 is 27.7. The molecule has 4 rings (SSSR count). The van der Waals surface area contributed by atoms with Crippen molar-refractivity contribution in [3.05, 3.63) is 66.6 Å². The predicted octanol–water partition coefficient (Wildman–Crippen LogP) is 4.07. The van der Waals surface area contributed by atoms with Crippen molar-refractivity contribution < 1.29 is 8.78 Å². The summed E-state index contributed by atoms with van der Waals surface area (Å²) in [5, 5.41) is 3.71. The summed E-state index contributed by atoms with van der Waals surface area (Å²) in [6.45, 7) is 0. The van der Waals surface area contributed by atoms with Gasteiger partial charge in [0.1, 0.15) is 11.5 Å². The highest BCUT2D eigenvalue weighted by atomic mass is 19.2. The molecule has 0 radical (unpaired) electrons. The number of hydrogen-bond acceptors (Lipinski definition) is 5. The molecule has 4 aromatic rings. The highest BCUT2D eigenvalue weighted by Crippen LogP contribution is 2.30. The number of benzene rings is 2. The van der Waals surface area contributed by atoms with Gasteiger partial charge in [-0.2, -0.15) is 0 Å². The van der Waals surface area contributed by atoms with Crippen LogP contribution in [0.4, 0.5) is 14.6 Å². The van der Waals surface area contributed by atoms with Crippen molar-refractivity contribution >= 4 is 16.7 Å². The monoisotopic (exact) mass is 349 g/mol. The van der Waals surface area contributed by atoms with Gasteiger partial charge in [-0.15, -0.1) is 0 Å². The van der Waals surface area contributed by atoms with E-state index in [1.54, 1.807) is 43.8 Å². The Morgan fingerprint density at radius 3 is 2.65 bits per heavy atom. The number of rotatable bonds is 3. The van der Waals surface area contributed by atoms with E-state index in [9.17, 15) is 8.78 Å². The molecule has 0 aliphatic rings. The first kappa shape index (κ1) is 16.0. The van der Waals surface area contributed by atoms with Gasteiger partial charge < -0.3 is 5.32 Å². The lowest BCUT2D eigenvalue weighted by Gasteiger charge is -2.10. The first-order valence-electron chi connectivity index (χ1n) is 7.87. The summed E-state index contributed by atoms with van der Waals surface area (Å²) in [6, 6.07) is 9.29. The maximum atomic E-state index is 14.1. The molecular formula is C19H13F2N5. The molecule has 0 saturated carbocycles. The van der Waals surface area contributed by atoms with Crippen molar-refractivity contribution in [3.63, 3.8) is 0 Å². The smallest absolute Gasteiger partial charge is 0.182 e. The summed E-state index contributed by atoms with van der Waals surface area (Å²) in [5.41, 5.74) is 1.94. The Kier molecular flexibility index (Phi) is 3.96. The summed E-state index contributed by atoms with van der Waals surface area (Å²) in [4.78, 5) is 17.2. The lowest BCUT2D eigenvalue weighted by molar-refractivity contribution is 0.511. The van der Waals surface area contributed by atoms with Crippen LogP contribution in [0, 0.1) is 11.6 Å². The van der Waals surface area contributed by atoms with Crippen LogP contribution in [-0.4, -0.2) is 27.0 Å². The lowest BCUT2D eigenvalue weighted by Crippen LogP contribution is -2.00. The molecule has 7 heteroatoms. The van der Waals surface area contributed by atoms with Crippen LogP contribution < -0.4 is 5.32 Å². The van der Waals surface area contributed by atoms with E-state index >= 15 is 0 Å². The highest BCUT2D eigenvalue weighted by molar-refractivity contribution is 5.93. The van der Waals surface area contributed by atoms with E-state index in [2.05, 4.69) is 25.3 Å². The normalized spacial score (nSPS) is 10.9. The number of hydrogen-bond donors (Lipinski definition) is 1. The molecule has 2 aromatic heterocycles. The summed E-state index contributed by atoms with van der Waals surface area (Å²) in [7, 11) is 1.73. The quantitative estimate of drug-likeness (QED) is 0.604. The minimum absolute atomic E-state index is 0.187. The summed E-state index contributed by atoms with van der Waals surface area (Å²) in [6.07, 6.45) is 4.72. The van der Waals surface area contributed by atoms with E-state index in [0.717, 1.165) is 6.07 Å². The van der Waals surface area contributed by atoms with Gasteiger partial charge in [0.25, 0.3) is 0 Å². The van der Waals surface area contributed by atoms with Crippen LogP contribution in [0.15, 0.2) is 55.0 Å². The summed E-state index contributed by atoms with van der Waals surface area (Å²) in [5.74, 6) is -0.769. The molecular weight excluding hydrogens is 336 g/mol. The van der Waals surface area contributed by atoms with Crippen LogP contribution in [0.2, 0.25) is 0 Å². The number of aromatic nitrogens is 4. The number of halogens is 2. The molecule has 1 N–H and O–H groups in total. The Balaban J connectivity index is 1.90. The second kappa shape index (κ2) is 6.44. The van der Waals surface area contributed by atoms with Gasteiger partial charge in [-0.1, -0.05) is 18.2 Å². The average Bonchev–Trinajstić information content (AvgIpc) is 2.69. The van der Waals surface area contributed by atoms with Crippen molar-refractivity contribution in [2.75, 3.05) is 12.4 Å². The fourth-order valence-corrected chi connectivity index (χ4v) is 2.74. The van der Waals surface area contributed by atoms with Crippen LogP contribution in [-0.2, 0) is 0 Å². The number of fused-ring (bicyclic) bond motifs is 1. The molecule has 2 aromatic carbocycles. The Hall–Kier alpha value is -3.48. The van der Waals surface area contributed by atoms with Crippen molar-refractivity contribution in [2.45, 2.75) is 0 Å². The van der Waals surface area contributed by atoms with E-state index in [-0.39, 0.29) is 5.56 Å². The zero-order chi connectivity index (χ0) is 18.1. The minimum Gasteiger partial charge on any atom is -0.373 e. The van der Waals surface area contributed by atoms with Crippen LogP contribution >= 0.6 is 0 Å². The maximum Gasteiger partial charge on any atom is 0.182 e. The lowest BCUT2D eigenvalue weighted by atomic mass is 10.0. The van der Waals surface area contributed by atoms with Gasteiger partial charge in [0.15, 0.2) is 17.5 Å². The second-order valence-corrected chi connectivity index (χ2v) is 5.57. The number of anilines is 1. The van der Waals surface area contributed by atoms with E-state index < -0.39 is 11.6 Å². The van der Waals surface area contributed by atoms with Gasteiger partial charge in [0, 0.05) is 30.4 Å². The third-order valence-corrected chi connectivity index (χ3v) is 3.99. The van der Waals surface area contributed by atoms with E-state index in [0.29, 0.717) is 33.8 Å². The van der Waals surface area contributed by atoms with Crippen LogP contribution in [0.3, 0.4) is 0 Å². The molecule has 0 saturated heterocycles. The average molecular weight is 349 g/mol. The molecule has 26 heavy (non-hydrogen) atoms. The Labute approximate surface area is 147 Å². The zero-order valence-electron chi connectivity index (χ0n) is 13.7. The molecule has 128 valence electrons. The second-order valence-electron chi connectivity index (χ2n) is 5.57. The molecule has 5 nitrogen and oxygen atoms in total. The molecule has 2 heterocycles. The van der Waals surface area contributed by atoms with Gasteiger partial charge in [0.05, 0.1) is 11.7 Å². The fourth-order valence-electron chi connectivity index (χ4n) is 2.74. The molecule has 0 aliphatic carbocycles. The standard InChI is InChI=1S/C19H13F2N5/c1-22-18-13-9-11(12-3-2-4-14(20)17(12)21)5-6-15(13)25-19(26-18)16-10-23-7-8-24-16/h2-10H,1H3,(H,22,25,26). The van der Waals surface area contributed by atoms with Crippen molar-refractivity contribution in [3.8, 4) is 22.6 Å². The van der Waals surface area contributed by atoms with Gasteiger partial charge in [0.2, 0.25) is 0 Å².